The fraction of sp³-hybridized carbons (Fsp3) is 0.312. The minimum absolute atomic E-state index is 0.0900. The van der Waals surface area contributed by atoms with Crippen molar-refractivity contribution >= 4 is 0 Å². The van der Waals surface area contributed by atoms with Crippen LogP contribution in [0.1, 0.15) is 50.0 Å². The molecule has 1 fully saturated rings. The Bertz CT molecular complexity index is 1620. The van der Waals surface area contributed by atoms with E-state index < -0.39 is 64.2 Å². The third-order valence-electron chi connectivity index (χ3n) is 7.20. The standard InChI is InChI=1S/C32H26F8N2O3/c1-2-3-4-5-17-15-43-31(44-16-17)20-13-41-30(42-14-20)18-6-7-22(23(33)8-18)19-9-24(34)28(25(35)10-19)32(39,40)45-21-11-26(36)29(38)27(37)12-21/h6-14,17,31H,2-5,15-16H2,1H3. The Labute approximate surface area is 252 Å². The number of hydrogen-bond donors (Lipinski definition) is 0. The van der Waals surface area contributed by atoms with Gasteiger partial charge in [0.05, 0.1) is 13.2 Å². The summed E-state index contributed by atoms with van der Waals surface area (Å²) in [4.78, 5) is 8.48. The zero-order valence-corrected chi connectivity index (χ0v) is 23.7. The van der Waals surface area contributed by atoms with Gasteiger partial charge >= 0.3 is 6.11 Å². The third-order valence-corrected chi connectivity index (χ3v) is 7.20. The summed E-state index contributed by atoms with van der Waals surface area (Å²) in [5, 5.41) is 0. The first-order valence-electron chi connectivity index (χ1n) is 14.0. The summed E-state index contributed by atoms with van der Waals surface area (Å²) in [5.41, 5.74) is -1.86. The SMILES string of the molecule is CCCCCC1COC(c2cnc(-c3ccc(-c4cc(F)c(C(F)(F)Oc5cc(F)c(F)c(F)c5)c(F)c4)c(F)c3)nc2)OC1. The summed E-state index contributed by atoms with van der Waals surface area (Å²) in [7, 11) is 0. The molecule has 5 rings (SSSR count). The summed E-state index contributed by atoms with van der Waals surface area (Å²) in [6, 6.07) is 4.63. The highest BCUT2D eigenvalue weighted by Gasteiger charge is 2.41. The Balaban J connectivity index is 1.30. The highest BCUT2D eigenvalue weighted by atomic mass is 19.3. The molecule has 2 heterocycles. The maximum atomic E-state index is 15.1. The summed E-state index contributed by atoms with van der Waals surface area (Å²) in [5.74, 6) is -11.0. The Morgan fingerprint density at radius 2 is 1.38 bits per heavy atom. The second-order valence-corrected chi connectivity index (χ2v) is 10.5. The number of alkyl halides is 2. The van der Waals surface area contributed by atoms with Gasteiger partial charge in [-0.25, -0.2) is 36.3 Å². The van der Waals surface area contributed by atoms with Gasteiger partial charge in [-0.3, -0.25) is 0 Å². The highest BCUT2D eigenvalue weighted by Crippen LogP contribution is 2.38. The van der Waals surface area contributed by atoms with E-state index in [-0.39, 0.29) is 29.1 Å². The summed E-state index contributed by atoms with van der Waals surface area (Å²) < 4.78 is 130. The van der Waals surface area contributed by atoms with E-state index in [9.17, 15) is 30.7 Å². The van der Waals surface area contributed by atoms with Crippen LogP contribution in [0.15, 0.2) is 54.9 Å². The summed E-state index contributed by atoms with van der Waals surface area (Å²) in [6.07, 6.45) is 1.96. The molecular weight excluding hydrogens is 612 g/mol. The minimum atomic E-state index is -4.78. The normalized spacial score (nSPS) is 17.0. The Morgan fingerprint density at radius 1 is 0.778 bits per heavy atom. The lowest BCUT2D eigenvalue weighted by Crippen LogP contribution is -2.27. The first-order valence-corrected chi connectivity index (χ1v) is 14.0. The van der Waals surface area contributed by atoms with Crippen LogP contribution in [0.25, 0.3) is 22.5 Å². The van der Waals surface area contributed by atoms with Gasteiger partial charge in [-0.15, -0.1) is 0 Å². The molecule has 5 nitrogen and oxygen atoms in total. The van der Waals surface area contributed by atoms with E-state index in [4.69, 9.17) is 9.47 Å². The molecule has 1 aromatic heterocycles. The van der Waals surface area contributed by atoms with E-state index in [0.717, 1.165) is 31.7 Å². The van der Waals surface area contributed by atoms with E-state index in [0.29, 0.717) is 36.8 Å². The predicted octanol–water partition coefficient (Wildman–Crippen LogP) is 9.02. The van der Waals surface area contributed by atoms with Crippen molar-refractivity contribution in [3.8, 4) is 28.3 Å². The molecule has 13 heteroatoms. The number of aromatic nitrogens is 2. The second-order valence-electron chi connectivity index (χ2n) is 10.5. The number of halogens is 8. The fourth-order valence-corrected chi connectivity index (χ4v) is 4.88. The molecule has 0 unspecified atom stereocenters. The number of nitrogens with zero attached hydrogens (tertiary/aromatic N) is 2. The van der Waals surface area contributed by atoms with Crippen molar-refractivity contribution in [3.63, 3.8) is 0 Å². The average Bonchev–Trinajstić information content (AvgIpc) is 2.99. The van der Waals surface area contributed by atoms with Crippen molar-refractivity contribution in [2.75, 3.05) is 13.2 Å². The number of ether oxygens (including phenoxy) is 3. The van der Waals surface area contributed by atoms with Crippen LogP contribution in [0.2, 0.25) is 0 Å². The zero-order valence-electron chi connectivity index (χ0n) is 23.7. The molecule has 4 aromatic rings. The molecule has 0 atom stereocenters. The van der Waals surface area contributed by atoms with Gasteiger partial charge in [0.15, 0.2) is 29.6 Å². The molecule has 1 aliphatic heterocycles. The quantitative estimate of drug-likeness (QED) is 0.0986. The molecule has 1 aliphatic rings. The summed E-state index contributed by atoms with van der Waals surface area (Å²) >= 11 is 0. The van der Waals surface area contributed by atoms with Gasteiger partial charge in [-0.2, -0.15) is 8.78 Å². The lowest BCUT2D eigenvalue weighted by Gasteiger charge is -2.29. The van der Waals surface area contributed by atoms with Crippen LogP contribution in [0.3, 0.4) is 0 Å². The van der Waals surface area contributed by atoms with Crippen molar-refractivity contribution in [2.24, 2.45) is 5.92 Å². The monoisotopic (exact) mass is 638 g/mol. The van der Waals surface area contributed by atoms with E-state index in [1.807, 2.05) is 0 Å². The molecule has 3 aromatic carbocycles. The molecule has 238 valence electrons. The van der Waals surface area contributed by atoms with Crippen LogP contribution in [-0.4, -0.2) is 23.2 Å². The maximum Gasteiger partial charge on any atom is 0.432 e. The van der Waals surface area contributed by atoms with Gasteiger partial charge in [-0.1, -0.05) is 38.3 Å². The summed E-state index contributed by atoms with van der Waals surface area (Å²) in [6.45, 7) is 3.23. The zero-order chi connectivity index (χ0) is 32.3. The smallest absolute Gasteiger partial charge is 0.429 e. The van der Waals surface area contributed by atoms with Crippen molar-refractivity contribution in [2.45, 2.75) is 45.0 Å². The van der Waals surface area contributed by atoms with E-state index in [1.54, 1.807) is 0 Å². The molecule has 0 bridgehead atoms. The van der Waals surface area contributed by atoms with E-state index in [1.165, 1.54) is 24.5 Å². The van der Waals surface area contributed by atoms with Gasteiger partial charge in [0.25, 0.3) is 0 Å². The van der Waals surface area contributed by atoms with Crippen molar-refractivity contribution in [1.82, 2.24) is 9.97 Å². The number of hydrogen-bond acceptors (Lipinski definition) is 5. The largest absolute Gasteiger partial charge is 0.432 e. The Kier molecular flexibility index (Phi) is 9.68. The van der Waals surface area contributed by atoms with Crippen molar-refractivity contribution in [3.05, 3.63) is 101 Å². The maximum absolute atomic E-state index is 15.1. The number of unbranched alkanes of at least 4 members (excludes halogenated alkanes) is 2. The molecule has 0 spiro atoms. The Hall–Kier alpha value is -4.10. The lowest BCUT2D eigenvalue weighted by molar-refractivity contribution is -0.206. The van der Waals surface area contributed by atoms with Gasteiger partial charge < -0.3 is 14.2 Å². The minimum Gasteiger partial charge on any atom is -0.429 e. The van der Waals surface area contributed by atoms with Gasteiger partial charge in [0, 0.05) is 47.1 Å². The third kappa shape index (κ3) is 7.25. The van der Waals surface area contributed by atoms with Crippen LogP contribution < -0.4 is 4.74 Å². The highest BCUT2D eigenvalue weighted by molar-refractivity contribution is 5.69. The Morgan fingerprint density at radius 3 is 1.96 bits per heavy atom. The van der Waals surface area contributed by atoms with E-state index >= 15 is 4.39 Å². The molecule has 45 heavy (non-hydrogen) atoms. The molecule has 0 saturated carbocycles. The second kappa shape index (κ2) is 13.5. The molecule has 0 N–H and O–H groups in total. The van der Waals surface area contributed by atoms with Gasteiger partial charge in [0.2, 0.25) is 0 Å². The first-order chi connectivity index (χ1) is 21.5. The lowest BCUT2D eigenvalue weighted by atomic mass is 10.00. The van der Waals surface area contributed by atoms with Crippen molar-refractivity contribution < 1.29 is 49.3 Å². The van der Waals surface area contributed by atoms with Crippen LogP contribution >= 0.6 is 0 Å². The molecule has 0 amide bonds. The molecule has 0 aliphatic carbocycles. The van der Waals surface area contributed by atoms with Crippen LogP contribution in [0.5, 0.6) is 5.75 Å². The van der Waals surface area contributed by atoms with Crippen molar-refractivity contribution in [1.29, 1.82) is 0 Å². The molecule has 1 saturated heterocycles. The van der Waals surface area contributed by atoms with Gasteiger partial charge in [-0.05, 0) is 30.2 Å². The topological polar surface area (TPSA) is 53.5 Å². The van der Waals surface area contributed by atoms with Gasteiger partial charge in [0.1, 0.15) is 28.8 Å². The number of benzene rings is 3. The van der Waals surface area contributed by atoms with Crippen LogP contribution in [0, 0.1) is 40.8 Å². The predicted molar refractivity (Wildman–Crippen MR) is 146 cm³/mol. The number of rotatable bonds is 10. The fourth-order valence-electron chi connectivity index (χ4n) is 4.88. The first kappa shape index (κ1) is 32.3. The molecular formula is C32H26F8N2O3. The van der Waals surface area contributed by atoms with Crippen LogP contribution in [-0.2, 0) is 15.6 Å². The molecule has 0 radical (unpaired) electrons. The van der Waals surface area contributed by atoms with Crippen LogP contribution in [0.4, 0.5) is 35.1 Å². The average molecular weight is 639 g/mol. The van der Waals surface area contributed by atoms with E-state index in [2.05, 4.69) is 21.6 Å².